The van der Waals surface area contributed by atoms with Gasteiger partial charge in [-0.3, -0.25) is 0 Å². The van der Waals surface area contributed by atoms with Crippen LogP contribution in [0.2, 0.25) is 0 Å². The van der Waals surface area contributed by atoms with Gasteiger partial charge in [0, 0.05) is 31.2 Å². The molecule has 5 heterocycles. The average Bonchev–Trinajstić information content (AvgIpc) is 3.36. The van der Waals surface area contributed by atoms with Crippen LogP contribution < -0.4 is 10.2 Å². The largest absolute Gasteiger partial charge is 0.346 e. The minimum Gasteiger partial charge on any atom is -0.346 e. The molecular weight excluding hydrogens is 396 g/mol. The summed E-state index contributed by atoms with van der Waals surface area (Å²) in [6, 6.07) is 0.349. The SMILES string of the molecule is Cc1c[nH]c2ncnc(N3C=C(c4cnn(C5CCCNC5)n4)SCC3)c12.Cl. The molecule has 2 aliphatic rings. The van der Waals surface area contributed by atoms with Crippen molar-refractivity contribution < 1.29 is 0 Å². The number of nitrogens with one attached hydrogen (secondary N) is 2. The Morgan fingerprint density at radius 1 is 1.29 bits per heavy atom. The molecule has 2 aliphatic heterocycles. The normalized spacial score (nSPS) is 20.1. The molecule has 1 unspecified atom stereocenters. The zero-order valence-corrected chi connectivity index (χ0v) is 17.3. The van der Waals surface area contributed by atoms with Crippen LogP contribution >= 0.6 is 24.2 Å². The summed E-state index contributed by atoms with van der Waals surface area (Å²) in [4.78, 5) is 17.3. The number of fused-ring (bicyclic) bond motifs is 1. The first-order valence-corrected chi connectivity index (χ1v) is 10.3. The topological polar surface area (TPSA) is 87.5 Å². The first-order chi connectivity index (χ1) is 13.3. The van der Waals surface area contributed by atoms with Crippen LogP contribution in [0.15, 0.2) is 24.9 Å². The number of aromatic nitrogens is 6. The fourth-order valence-corrected chi connectivity index (χ4v) is 4.67. The van der Waals surface area contributed by atoms with Crippen molar-refractivity contribution >= 4 is 45.9 Å². The zero-order chi connectivity index (χ0) is 18.2. The summed E-state index contributed by atoms with van der Waals surface area (Å²) in [6.07, 6.45) is 9.94. The van der Waals surface area contributed by atoms with Crippen LogP contribution in [-0.2, 0) is 0 Å². The predicted molar refractivity (Wildman–Crippen MR) is 115 cm³/mol. The van der Waals surface area contributed by atoms with Crippen LogP contribution in [0.5, 0.6) is 0 Å². The average molecular weight is 419 g/mol. The third-order valence-corrected chi connectivity index (χ3v) is 6.15. The minimum absolute atomic E-state index is 0. The van der Waals surface area contributed by atoms with E-state index in [9.17, 15) is 0 Å². The van der Waals surface area contributed by atoms with Gasteiger partial charge >= 0.3 is 0 Å². The molecule has 0 saturated carbocycles. The summed E-state index contributed by atoms with van der Waals surface area (Å²) < 4.78 is 0. The Balaban J connectivity index is 0.00000192. The first kappa shape index (κ1) is 19.2. The maximum Gasteiger partial charge on any atom is 0.145 e. The van der Waals surface area contributed by atoms with Crippen molar-refractivity contribution in [3.63, 3.8) is 0 Å². The number of anilines is 1. The molecule has 28 heavy (non-hydrogen) atoms. The molecule has 0 aliphatic carbocycles. The molecule has 10 heteroatoms. The number of nitrogens with zero attached hydrogens (tertiary/aromatic N) is 6. The van der Waals surface area contributed by atoms with Crippen molar-refractivity contribution in [1.29, 1.82) is 0 Å². The quantitative estimate of drug-likeness (QED) is 0.676. The summed E-state index contributed by atoms with van der Waals surface area (Å²) in [7, 11) is 0. The van der Waals surface area contributed by atoms with E-state index < -0.39 is 0 Å². The Kier molecular flexibility index (Phi) is 5.56. The van der Waals surface area contributed by atoms with Gasteiger partial charge in [-0.1, -0.05) is 0 Å². The number of piperidine rings is 1. The Hall–Kier alpha value is -2.10. The van der Waals surface area contributed by atoms with Gasteiger partial charge in [-0.15, -0.1) is 24.2 Å². The molecule has 0 radical (unpaired) electrons. The number of aromatic amines is 1. The minimum atomic E-state index is 0. The third kappa shape index (κ3) is 3.49. The standard InChI is InChI=1S/C18H22N8S.ClH/c1-12-7-20-17-16(12)18(22-11-21-17)25-5-6-27-15(10-25)14-9-23-26(24-14)13-3-2-4-19-8-13;/h7,9-11,13,19H,2-6,8H2,1H3,(H,20,21,22);1H. The molecule has 0 spiro atoms. The zero-order valence-electron chi connectivity index (χ0n) is 15.6. The molecule has 0 aromatic carbocycles. The number of H-pyrrole nitrogens is 1. The number of hydrogen-bond donors (Lipinski definition) is 2. The number of aryl methyl sites for hydroxylation is 1. The Morgan fingerprint density at radius 3 is 3.07 bits per heavy atom. The van der Waals surface area contributed by atoms with Crippen LogP contribution in [0.25, 0.3) is 15.9 Å². The van der Waals surface area contributed by atoms with E-state index in [2.05, 4.69) is 43.4 Å². The Labute approximate surface area is 173 Å². The second-order valence-corrected chi connectivity index (χ2v) is 8.11. The number of thioether (sulfide) groups is 1. The lowest BCUT2D eigenvalue weighted by Gasteiger charge is -2.25. The van der Waals surface area contributed by atoms with Gasteiger partial charge in [-0.05, 0) is 31.9 Å². The van der Waals surface area contributed by atoms with Gasteiger partial charge in [0.2, 0.25) is 0 Å². The van der Waals surface area contributed by atoms with Gasteiger partial charge in [0.25, 0.3) is 0 Å². The van der Waals surface area contributed by atoms with Gasteiger partial charge in [0.1, 0.15) is 23.5 Å². The lowest BCUT2D eigenvalue weighted by atomic mass is 10.1. The van der Waals surface area contributed by atoms with E-state index in [1.807, 2.05) is 29.0 Å². The molecular formula is C18H23ClN8S. The Morgan fingerprint density at radius 2 is 2.21 bits per heavy atom. The van der Waals surface area contributed by atoms with Gasteiger partial charge in [-0.25, -0.2) is 9.97 Å². The summed E-state index contributed by atoms with van der Waals surface area (Å²) in [5.41, 5.74) is 2.97. The summed E-state index contributed by atoms with van der Waals surface area (Å²) >= 11 is 1.82. The lowest BCUT2D eigenvalue weighted by molar-refractivity contribution is 0.317. The fraction of sp³-hybridized carbons (Fsp3) is 0.444. The van der Waals surface area contributed by atoms with E-state index in [0.717, 1.165) is 64.8 Å². The highest BCUT2D eigenvalue weighted by Gasteiger charge is 2.22. The summed E-state index contributed by atoms with van der Waals surface area (Å²) in [6.45, 7) is 5.02. The molecule has 3 aromatic heterocycles. The van der Waals surface area contributed by atoms with Crippen LogP contribution in [-0.4, -0.2) is 55.3 Å². The van der Waals surface area contributed by atoms with E-state index >= 15 is 0 Å². The van der Waals surface area contributed by atoms with E-state index in [4.69, 9.17) is 5.10 Å². The maximum absolute atomic E-state index is 4.77. The second kappa shape index (κ2) is 8.10. The monoisotopic (exact) mass is 418 g/mol. The highest BCUT2D eigenvalue weighted by atomic mass is 35.5. The van der Waals surface area contributed by atoms with Gasteiger partial charge in [-0.2, -0.15) is 15.0 Å². The first-order valence-electron chi connectivity index (χ1n) is 9.32. The number of rotatable bonds is 3. The third-order valence-electron chi connectivity index (χ3n) is 5.14. The highest BCUT2D eigenvalue weighted by Crippen LogP contribution is 2.34. The van der Waals surface area contributed by atoms with Crippen molar-refractivity contribution in [1.82, 2.24) is 35.3 Å². The van der Waals surface area contributed by atoms with Crippen LogP contribution in [0.3, 0.4) is 0 Å². The molecule has 2 N–H and O–H groups in total. The van der Waals surface area contributed by atoms with E-state index in [0.29, 0.717) is 6.04 Å². The van der Waals surface area contributed by atoms with Crippen molar-refractivity contribution in [2.45, 2.75) is 25.8 Å². The lowest BCUT2D eigenvalue weighted by Crippen LogP contribution is -2.32. The van der Waals surface area contributed by atoms with Gasteiger partial charge < -0.3 is 15.2 Å². The summed E-state index contributed by atoms with van der Waals surface area (Å²) in [5, 5.41) is 13.8. The smallest absolute Gasteiger partial charge is 0.145 e. The van der Waals surface area contributed by atoms with Crippen LogP contribution in [0.4, 0.5) is 5.82 Å². The molecule has 0 bridgehead atoms. The van der Waals surface area contributed by atoms with Crippen molar-refractivity contribution in [3.8, 4) is 0 Å². The molecule has 5 rings (SSSR count). The van der Waals surface area contributed by atoms with Crippen molar-refractivity contribution in [2.24, 2.45) is 0 Å². The molecule has 1 fully saturated rings. The van der Waals surface area contributed by atoms with E-state index in [1.54, 1.807) is 6.33 Å². The van der Waals surface area contributed by atoms with E-state index in [-0.39, 0.29) is 12.4 Å². The van der Waals surface area contributed by atoms with Crippen molar-refractivity contribution in [2.75, 3.05) is 30.3 Å². The Bertz CT molecular complexity index is 991. The van der Waals surface area contributed by atoms with Crippen LogP contribution in [0, 0.1) is 6.92 Å². The number of halogens is 1. The molecule has 148 valence electrons. The van der Waals surface area contributed by atoms with Crippen molar-refractivity contribution in [3.05, 3.63) is 36.2 Å². The highest BCUT2D eigenvalue weighted by molar-refractivity contribution is 8.08. The van der Waals surface area contributed by atoms with Crippen LogP contribution in [0.1, 0.15) is 30.1 Å². The van der Waals surface area contributed by atoms with Gasteiger partial charge in [0.15, 0.2) is 0 Å². The molecule has 0 amide bonds. The molecule has 3 aromatic rings. The van der Waals surface area contributed by atoms with Gasteiger partial charge in [0.05, 0.1) is 22.5 Å². The number of hydrogen-bond acceptors (Lipinski definition) is 7. The molecule has 1 atom stereocenters. The molecule has 8 nitrogen and oxygen atoms in total. The predicted octanol–water partition coefficient (Wildman–Crippen LogP) is 2.76. The molecule has 1 saturated heterocycles. The second-order valence-electron chi connectivity index (χ2n) is 6.98. The summed E-state index contributed by atoms with van der Waals surface area (Å²) in [5.74, 6) is 1.93. The fourth-order valence-electron chi connectivity index (χ4n) is 3.72. The maximum atomic E-state index is 4.77. The van der Waals surface area contributed by atoms with E-state index in [1.165, 1.54) is 6.42 Å².